The Morgan fingerprint density at radius 3 is 2.18 bits per heavy atom. The van der Waals surface area contributed by atoms with Crippen molar-refractivity contribution in [2.75, 3.05) is 13.1 Å². The highest BCUT2D eigenvalue weighted by atomic mass is 32.2. The first-order chi connectivity index (χ1) is 13.0. The molecule has 28 heavy (non-hydrogen) atoms. The van der Waals surface area contributed by atoms with Gasteiger partial charge in [0.05, 0.1) is 29.1 Å². The predicted octanol–water partition coefficient (Wildman–Crippen LogP) is 0.379. The van der Waals surface area contributed by atoms with E-state index in [9.17, 15) is 23.1 Å². The van der Waals surface area contributed by atoms with Crippen molar-refractivity contribution in [2.45, 2.75) is 57.3 Å². The number of carbonyl (C=O) groups excluding carboxylic acids is 2. The number of carboxylic acids is 1. The lowest BCUT2D eigenvalue weighted by Gasteiger charge is -2.34. The Balaban J connectivity index is 2.13. The molecule has 1 aliphatic rings. The largest absolute Gasteiger partial charge is 0.548 e. The predicted molar refractivity (Wildman–Crippen MR) is 101 cm³/mol. The number of amides is 1. The third kappa shape index (κ3) is 5.52. The van der Waals surface area contributed by atoms with Crippen molar-refractivity contribution in [2.24, 2.45) is 5.92 Å². The van der Waals surface area contributed by atoms with E-state index in [4.69, 9.17) is 4.74 Å². The summed E-state index contributed by atoms with van der Waals surface area (Å²) in [6.07, 6.45) is -0.161. The number of hydrogen-bond acceptors (Lipinski definition) is 6. The Morgan fingerprint density at radius 2 is 1.71 bits per heavy atom. The molecule has 0 bridgehead atoms. The van der Waals surface area contributed by atoms with Crippen LogP contribution in [0.4, 0.5) is 0 Å². The van der Waals surface area contributed by atoms with Crippen LogP contribution in [0.15, 0.2) is 29.2 Å². The SMILES string of the molecule is CC(C)C[C@H](NC(=O)c1ccc(S(=O)(=O)N2C[C@H](C)O[C@@H](C)C2)cc1)C(=O)[O-]. The van der Waals surface area contributed by atoms with Crippen LogP contribution in [0.3, 0.4) is 0 Å². The van der Waals surface area contributed by atoms with Gasteiger partial charge in [-0.25, -0.2) is 8.42 Å². The number of sulfonamides is 1. The number of morpholine rings is 1. The van der Waals surface area contributed by atoms with E-state index in [0.717, 1.165) is 0 Å². The second-order valence-electron chi connectivity index (χ2n) is 7.58. The van der Waals surface area contributed by atoms with Crippen LogP contribution in [-0.4, -0.2) is 55.9 Å². The van der Waals surface area contributed by atoms with Crippen molar-refractivity contribution in [3.63, 3.8) is 0 Å². The molecule has 1 N–H and O–H groups in total. The van der Waals surface area contributed by atoms with Gasteiger partial charge in [-0.05, 0) is 50.5 Å². The van der Waals surface area contributed by atoms with Crippen molar-refractivity contribution in [3.8, 4) is 0 Å². The molecule has 1 aromatic rings. The highest BCUT2D eigenvalue weighted by Crippen LogP contribution is 2.21. The van der Waals surface area contributed by atoms with E-state index in [1.807, 2.05) is 27.7 Å². The molecule has 0 aliphatic carbocycles. The van der Waals surface area contributed by atoms with Crippen LogP contribution in [0, 0.1) is 5.92 Å². The Bertz CT molecular complexity index is 796. The summed E-state index contributed by atoms with van der Waals surface area (Å²) in [5, 5.41) is 13.6. The molecule has 2 rings (SSSR count). The molecule has 1 heterocycles. The van der Waals surface area contributed by atoms with Crippen LogP contribution >= 0.6 is 0 Å². The molecular formula is C19H27N2O6S-. The molecule has 8 nitrogen and oxygen atoms in total. The van der Waals surface area contributed by atoms with Gasteiger partial charge in [-0.15, -0.1) is 0 Å². The molecule has 1 saturated heterocycles. The Hall–Kier alpha value is -1.97. The molecule has 1 aliphatic heterocycles. The second kappa shape index (κ2) is 9.02. The molecule has 0 aromatic heterocycles. The smallest absolute Gasteiger partial charge is 0.251 e. The number of ether oxygens (including phenoxy) is 1. The quantitative estimate of drug-likeness (QED) is 0.693. The van der Waals surface area contributed by atoms with Crippen LogP contribution in [-0.2, 0) is 19.6 Å². The van der Waals surface area contributed by atoms with Gasteiger partial charge in [0.15, 0.2) is 0 Å². The summed E-state index contributed by atoms with van der Waals surface area (Å²) in [5.41, 5.74) is 0.178. The van der Waals surface area contributed by atoms with Gasteiger partial charge in [0.25, 0.3) is 5.91 Å². The van der Waals surface area contributed by atoms with E-state index in [2.05, 4.69) is 5.32 Å². The zero-order valence-electron chi connectivity index (χ0n) is 16.5. The maximum Gasteiger partial charge on any atom is 0.251 e. The Labute approximate surface area is 165 Å². The van der Waals surface area contributed by atoms with Gasteiger partial charge in [-0.3, -0.25) is 4.79 Å². The topological polar surface area (TPSA) is 116 Å². The average Bonchev–Trinajstić information content (AvgIpc) is 2.60. The zero-order valence-corrected chi connectivity index (χ0v) is 17.4. The summed E-state index contributed by atoms with van der Waals surface area (Å²) in [5.74, 6) is -1.88. The van der Waals surface area contributed by atoms with Crippen molar-refractivity contribution in [1.82, 2.24) is 9.62 Å². The molecule has 0 spiro atoms. The second-order valence-corrected chi connectivity index (χ2v) is 9.52. The van der Waals surface area contributed by atoms with E-state index in [0.29, 0.717) is 0 Å². The fourth-order valence-electron chi connectivity index (χ4n) is 3.18. The lowest BCUT2D eigenvalue weighted by atomic mass is 10.0. The van der Waals surface area contributed by atoms with E-state index < -0.39 is 27.9 Å². The zero-order chi connectivity index (χ0) is 21.1. The average molecular weight is 412 g/mol. The highest BCUT2D eigenvalue weighted by molar-refractivity contribution is 7.89. The molecule has 0 radical (unpaired) electrons. The van der Waals surface area contributed by atoms with Crippen LogP contribution in [0.25, 0.3) is 0 Å². The van der Waals surface area contributed by atoms with E-state index in [1.165, 1.54) is 28.6 Å². The van der Waals surface area contributed by atoms with Gasteiger partial charge in [0.1, 0.15) is 0 Å². The number of aliphatic carboxylic acids is 1. The lowest BCUT2D eigenvalue weighted by molar-refractivity contribution is -0.308. The summed E-state index contributed by atoms with van der Waals surface area (Å²) >= 11 is 0. The molecule has 1 aromatic carbocycles. The maximum absolute atomic E-state index is 12.8. The number of nitrogens with zero attached hydrogens (tertiary/aromatic N) is 1. The van der Waals surface area contributed by atoms with Crippen LogP contribution in [0.5, 0.6) is 0 Å². The van der Waals surface area contributed by atoms with Gasteiger partial charge in [0, 0.05) is 18.7 Å². The van der Waals surface area contributed by atoms with Crippen molar-refractivity contribution in [1.29, 1.82) is 0 Å². The van der Waals surface area contributed by atoms with Gasteiger partial charge < -0.3 is 20.0 Å². The number of benzene rings is 1. The van der Waals surface area contributed by atoms with Gasteiger partial charge in [-0.1, -0.05) is 13.8 Å². The molecular weight excluding hydrogens is 384 g/mol. The van der Waals surface area contributed by atoms with Gasteiger partial charge >= 0.3 is 0 Å². The number of rotatable bonds is 7. The highest BCUT2D eigenvalue weighted by Gasteiger charge is 2.32. The van der Waals surface area contributed by atoms with E-state index in [-0.39, 0.29) is 48.1 Å². The minimum absolute atomic E-state index is 0.0639. The van der Waals surface area contributed by atoms with Crippen molar-refractivity contribution >= 4 is 21.9 Å². The van der Waals surface area contributed by atoms with Crippen molar-refractivity contribution < 1.29 is 27.9 Å². The number of carbonyl (C=O) groups is 2. The van der Waals surface area contributed by atoms with E-state index in [1.54, 1.807) is 0 Å². The van der Waals surface area contributed by atoms with Gasteiger partial charge in [-0.2, -0.15) is 4.31 Å². The third-order valence-electron chi connectivity index (χ3n) is 4.44. The number of carboxylic acid groups (broad SMARTS) is 1. The Morgan fingerprint density at radius 1 is 1.18 bits per heavy atom. The molecule has 0 unspecified atom stereocenters. The summed E-state index contributed by atoms with van der Waals surface area (Å²) in [7, 11) is -3.71. The lowest BCUT2D eigenvalue weighted by Crippen LogP contribution is -2.48. The van der Waals surface area contributed by atoms with Crippen molar-refractivity contribution in [3.05, 3.63) is 29.8 Å². The van der Waals surface area contributed by atoms with E-state index >= 15 is 0 Å². The first-order valence-electron chi connectivity index (χ1n) is 9.28. The fourth-order valence-corrected chi connectivity index (χ4v) is 4.77. The molecule has 9 heteroatoms. The molecule has 3 atom stereocenters. The first kappa shape index (κ1) is 22.3. The standard InChI is InChI=1S/C19H28N2O6S/c1-12(2)9-17(19(23)24)20-18(22)15-5-7-16(8-6-15)28(25,26)21-10-13(3)27-14(4)11-21/h5-8,12-14,17H,9-11H2,1-4H3,(H,20,22)(H,23,24)/p-1/t13-,14-,17-/m0/s1. The molecule has 1 fully saturated rings. The summed E-state index contributed by atoms with van der Waals surface area (Å²) in [6.45, 7) is 7.84. The Kier molecular flexibility index (Phi) is 7.19. The van der Waals surface area contributed by atoms with Crippen LogP contribution in [0.1, 0.15) is 44.5 Å². The van der Waals surface area contributed by atoms with Crippen LogP contribution < -0.4 is 10.4 Å². The maximum atomic E-state index is 12.8. The summed E-state index contributed by atoms with van der Waals surface area (Å²) in [4.78, 5) is 23.6. The van der Waals surface area contributed by atoms with Crippen LogP contribution in [0.2, 0.25) is 0 Å². The molecule has 0 saturated carbocycles. The normalized spacial score (nSPS) is 22.0. The number of nitrogens with one attached hydrogen (secondary N) is 1. The fraction of sp³-hybridized carbons (Fsp3) is 0.579. The minimum Gasteiger partial charge on any atom is -0.548 e. The molecule has 1 amide bonds. The minimum atomic E-state index is -3.71. The molecule has 156 valence electrons. The summed E-state index contributed by atoms with van der Waals surface area (Å²) < 4.78 is 32.6. The number of hydrogen-bond donors (Lipinski definition) is 1. The monoisotopic (exact) mass is 411 g/mol. The van der Waals surface area contributed by atoms with Gasteiger partial charge in [0.2, 0.25) is 10.0 Å². The summed E-state index contributed by atoms with van der Waals surface area (Å²) in [6, 6.07) is 4.35. The third-order valence-corrected chi connectivity index (χ3v) is 6.28. The first-order valence-corrected chi connectivity index (χ1v) is 10.7.